The summed E-state index contributed by atoms with van der Waals surface area (Å²) in [6.45, 7) is 0. The standard InChI is InChI=1S/C42H28N4/c1-3-10-32(11-4-1)40-44-41(33-12-5-2-6-13-33)46-42(45-40)34-23-17-29(18-24-34)35-25-26-38-36(28-35)14-9-15-37(38)30-19-21-31(22-20-30)39-16-7-8-27-43-39/h1-28H. The van der Waals surface area contributed by atoms with E-state index in [1.54, 1.807) is 0 Å². The number of benzene rings is 6. The van der Waals surface area contributed by atoms with Crippen molar-refractivity contribution in [2.24, 2.45) is 0 Å². The molecule has 0 bridgehead atoms. The fourth-order valence-electron chi connectivity index (χ4n) is 5.82. The molecule has 4 heteroatoms. The zero-order valence-electron chi connectivity index (χ0n) is 25.0. The Hall–Kier alpha value is -6.26. The minimum absolute atomic E-state index is 0.650. The Balaban J connectivity index is 1.11. The lowest BCUT2D eigenvalue weighted by molar-refractivity contribution is 1.07. The van der Waals surface area contributed by atoms with Gasteiger partial charge < -0.3 is 0 Å². The van der Waals surface area contributed by atoms with E-state index in [1.165, 1.54) is 21.9 Å². The van der Waals surface area contributed by atoms with Gasteiger partial charge in [0, 0.05) is 28.5 Å². The van der Waals surface area contributed by atoms with Gasteiger partial charge in [-0.2, -0.15) is 0 Å². The van der Waals surface area contributed by atoms with Crippen LogP contribution < -0.4 is 0 Å². The predicted octanol–water partition coefficient (Wildman–Crippen LogP) is 10.4. The molecule has 0 radical (unpaired) electrons. The molecule has 4 nitrogen and oxygen atoms in total. The average Bonchev–Trinajstić information content (AvgIpc) is 3.15. The van der Waals surface area contributed by atoms with Gasteiger partial charge in [0.2, 0.25) is 0 Å². The van der Waals surface area contributed by atoms with Crippen molar-refractivity contribution >= 4 is 10.8 Å². The van der Waals surface area contributed by atoms with Gasteiger partial charge >= 0.3 is 0 Å². The summed E-state index contributed by atoms with van der Waals surface area (Å²) in [5.41, 5.74) is 9.64. The minimum Gasteiger partial charge on any atom is -0.256 e. The molecule has 8 aromatic rings. The molecule has 46 heavy (non-hydrogen) atoms. The van der Waals surface area contributed by atoms with Crippen molar-refractivity contribution in [1.82, 2.24) is 19.9 Å². The van der Waals surface area contributed by atoms with E-state index < -0.39 is 0 Å². The molecule has 0 unspecified atom stereocenters. The highest BCUT2D eigenvalue weighted by Gasteiger charge is 2.13. The van der Waals surface area contributed by atoms with Crippen LogP contribution in [0, 0.1) is 0 Å². The molecule has 0 aliphatic carbocycles. The first-order valence-electron chi connectivity index (χ1n) is 15.3. The zero-order chi connectivity index (χ0) is 30.7. The molecule has 2 aromatic heterocycles. The Morgan fingerprint density at radius 3 is 1.46 bits per heavy atom. The fourth-order valence-corrected chi connectivity index (χ4v) is 5.82. The first-order valence-corrected chi connectivity index (χ1v) is 15.3. The summed E-state index contributed by atoms with van der Waals surface area (Å²) in [4.78, 5) is 19.1. The van der Waals surface area contributed by atoms with Crippen LogP contribution in [0.5, 0.6) is 0 Å². The van der Waals surface area contributed by atoms with Crippen LogP contribution in [0.1, 0.15) is 0 Å². The quantitative estimate of drug-likeness (QED) is 0.194. The molecule has 0 saturated carbocycles. The van der Waals surface area contributed by atoms with E-state index in [2.05, 4.69) is 89.9 Å². The van der Waals surface area contributed by atoms with E-state index in [0.29, 0.717) is 17.5 Å². The number of pyridine rings is 1. The van der Waals surface area contributed by atoms with E-state index in [0.717, 1.165) is 39.1 Å². The van der Waals surface area contributed by atoms with E-state index in [1.807, 2.05) is 85.1 Å². The molecule has 0 atom stereocenters. The van der Waals surface area contributed by atoms with Crippen LogP contribution in [0.2, 0.25) is 0 Å². The van der Waals surface area contributed by atoms with Crippen LogP contribution in [-0.2, 0) is 0 Å². The number of nitrogens with zero attached hydrogens (tertiary/aromatic N) is 4. The van der Waals surface area contributed by atoms with Gasteiger partial charge in [0.25, 0.3) is 0 Å². The van der Waals surface area contributed by atoms with Gasteiger partial charge in [0.1, 0.15) is 0 Å². The molecular formula is C42H28N4. The summed E-state index contributed by atoms with van der Waals surface area (Å²) in [7, 11) is 0. The highest BCUT2D eigenvalue weighted by molar-refractivity contribution is 5.99. The molecule has 216 valence electrons. The van der Waals surface area contributed by atoms with Crippen molar-refractivity contribution in [1.29, 1.82) is 0 Å². The molecule has 0 saturated heterocycles. The first kappa shape index (κ1) is 27.3. The van der Waals surface area contributed by atoms with Gasteiger partial charge in [-0.3, -0.25) is 4.98 Å². The van der Waals surface area contributed by atoms with Crippen molar-refractivity contribution in [2.75, 3.05) is 0 Å². The third-order valence-corrected chi connectivity index (χ3v) is 8.21. The lowest BCUT2D eigenvalue weighted by Crippen LogP contribution is -2.00. The topological polar surface area (TPSA) is 51.6 Å². The molecule has 6 aromatic carbocycles. The predicted molar refractivity (Wildman–Crippen MR) is 188 cm³/mol. The SMILES string of the molecule is c1ccc(-c2nc(-c3ccccc3)nc(-c3ccc(-c4ccc5c(-c6ccc(-c7ccccn7)cc6)cccc5c4)cc3)n2)cc1. The molecule has 0 aliphatic rings. The molecule has 0 fully saturated rings. The van der Waals surface area contributed by atoms with Gasteiger partial charge in [-0.1, -0.05) is 146 Å². The van der Waals surface area contributed by atoms with E-state index in [4.69, 9.17) is 15.0 Å². The highest BCUT2D eigenvalue weighted by atomic mass is 15.0. The summed E-state index contributed by atoms with van der Waals surface area (Å²) in [5.74, 6) is 1.96. The van der Waals surface area contributed by atoms with Gasteiger partial charge in [-0.15, -0.1) is 0 Å². The lowest BCUT2D eigenvalue weighted by atomic mass is 9.94. The number of fused-ring (bicyclic) bond motifs is 1. The second-order valence-corrected chi connectivity index (χ2v) is 11.1. The highest BCUT2D eigenvalue weighted by Crippen LogP contribution is 2.34. The molecule has 8 rings (SSSR count). The molecule has 0 aliphatic heterocycles. The van der Waals surface area contributed by atoms with E-state index >= 15 is 0 Å². The number of hydrogen-bond acceptors (Lipinski definition) is 4. The summed E-state index contributed by atoms with van der Waals surface area (Å²) in [6.07, 6.45) is 1.83. The third-order valence-electron chi connectivity index (χ3n) is 8.21. The van der Waals surface area contributed by atoms with Crippen LogP contribution in [0.15, 0.2) is 170 Å². The van der Waals surface area contributed by atoms with Crippen LogP contribution >= 0.6 is 0 Å². The average molecular weight is 589 g/mol. The van der Waals surface area contributed by atoms with Crippen LogP contribution in [-0.4, -0.2) is 19.9 Å². The first-order chi connectivity index (χ1) is 22.8. The van der Waals surface area contributed by atoms with Crippen LogP contribution in [0.25, 0.3) is 78.4 Å². The molecule has 0 N–H and O–H groups in total. The van der Waals surface area contributed by atoms with Crippen LogP contribution in [0.4, 0.5) is 0 Å². The Bertz CT molecular complexity index is 2210. The summed E-state index contributed by atoms with van der Waals surface area (Å²) in [6, 6.07) is 56.4. The van der Waals surface area contributed by atoms with Crippen molar-refractivity contribution < 1.29 is 0 Å². The monoisotopic (exact) mass is 588 g/mol. The van der Waals surface area contributed by atoms with Crippen molar-refractivity contribution in [3.8, 4) is 67.7 Å². The van der Waals surface area contributed by atoms with E-state index in [-0.39, 0.29) is 0 Å². The van der Waals surface area contributed by atoms with E-state index in [9.17, 15) is 0 Å². The maximum Gasteiger partial charge on any atom is 0.164 e. The maximum atomic E-state index is 4.88. The van der Waals surface area contributed by atoms with Gasteiger partial charge in [-0.25, -0.2) is 15.0 Å². The van der Waals surface area contributed by atoms with Crippen molar-refractivity contribution in [3.05, 3.63) is 170 Å². The van der Waals surface area contributed by atoms with Gasteiger partial charge in [0.15, 0.2) is 17.5 Å². The number of hydrogen-bond donors (Lipinski definition) is 0. The molecule has 2 heterocycles. The zero-order valence-corrected chi connectivity index (χ0v) is 25.0. The van der Waals surface area contributed by atoms with Gasteiger partial charge in [0.05, 0.1) is 5.69 Å². The molecular weight excluding hydrogens is 560 g/mol. The maximum absolute atomic E-state index is 4.88. The Morgan fingerprint density at radius 2 is 0.848 bits per heavy atom. The van der Waals surface area contributed by atoms with Crippen LogP contribution in [0.3, 0.4) is 0 Å². The Labute approximate surface area is 267 Å². The Morgan fingerprint density at radius 1 is 0.326 bits per heavy atom. The summed E-state index contributed by atoms with van der Waals surface area (Å²) >= 11 is 0. The largest absolute Gasteiger partial charge is 0.256 e. The van der Waals surface area contributed by atoms with Crippen molar-refractivity contribution in [2.45, 2.75) is 0 Å². The number of rotatable bonds is 6. The molecule has 0 amide bonds. The second-order valence-electron chi connectivity index (χ2n) is 11.1. The minimum atomic E-state index is 0.650. The lowest BCUT2D eigenvalue weighted by Gasteiger charge is -2.11. The normalized spacial score (nSPS) is 11.0. The third kappa shape index (κ3) is 5.44. The van der Waals surface area contributed by atoms with Gasteiger partial charge in [-0.05, 0) is 51.2 Å². The smallest absolute Gasteiger partial charge is 0.164 e. The fraction of sp³-hybridized carbons (Fsp3) is 0. The summed E-state index contributed by atoms with van der Waals surface area (Å²) in [5, 5.41) is 2.42. The molecule has 0 spiro atoms. The number of aromatic nitrogens is 4. The Kier molecular flexibility index (Phi) is 7.14. The summed E-state index contributed by atoms with van der Waals surface area (Å²) < 4.78 is 0. The second kappa shape index (κ2) is 12.0. The van der Waals surface area contributed by atoms with Crippen molar-refractivity contribution in [3.63, 3.8) is 0 Å².